The van der Waals surface area contributed by atoms with E-state index in [9.17, 15) is 4.79 Å². The van der Waals surface area contributed by atoms with Crippen LogP contribution < -0.4 is 5.32 Å². The van der Waals surface area contributed by atoms with Gasteiger partial charge in [-0.15, -0.1) is 0 Å². The zero-order valence-electron chi connectivity index (χ0n) is 11.6. The fourth-order valence-corrected chi connectivity index (χ4v) is 2.75. The Kier molecular flexibility index (Phi) is 5.99. The summed E-state index contributed by atoms with van der Waals surface area (Å²) in [6, 6.07) is 11.2. The van der Waals surface area contributed by atoms with Crippen molar-refractivity contribution in [2.24, 2.45) is 5.92 Å². The predicted octanol–water partition coefficient (Wildman–Crippen LogP) is 3.95. The van der Waals surface area contributed by atoms with E-state index in [1.807, 2.05) is 18.2 Å². The number of nitrogens with zero attached hydrogens (tertiary/aromatic N) is 1. The zero-order chi connectivity index (χ0) is 15.2. The number of hydrogen-bond acceptors (Lipinski definition) is 2. The van der Waals surface area contributed by atoms with Crippen molar-refractivity contribution >= 4 is 40.1 Å². The summed E-state index contributed by atoms with van der Waals surface area (Å²) in [4.78, 5) is 16.0. The highest BCUT2D eigenvalue weighted by Crippen LogP contribution is 2.20. The molecule has 0 aliphatic rings. The van der Waals surface area contributed by atoms with Crippen molar-refractivity contribution in [1.82, 2.24) is 10.3 Å². The molecule has 1 unspecified atom stereocenters. The molecular formula is C16H16ClIN2O. The number of nitrogens with one attached hydrogen (secondary N) is 1. The predicted molar refractivity (Wildman–Crippen MR) is 93.6 cm³/mol. The Morgan fingerprint density at radius 3 is 2.90 bits per heavy atom. The number of halogens is 2. The van der Waals surface area contributed by atoms with Gasteiger partial charge in [0.1, 0.15) is 5.69 Å². The lowest BCUT2D eigenvalue weighted by Crippen LogP contribution is -2.29. The van der Waals surface area contributed by atoms with Crippen LogP contribution in [-0.4, -0.2) is 17.4 Å². The van der Waals surface area contributed by atoms with Gasteiger partial charge < -0.3 is 5.32 Å². The first-order valence-corrected chi connectivity index (χ1v) is 8.15. The van der Waals surface area contributed by atoms with Crippen molar-refractivity contribution in [2.75, 3.05) is 6.54 Å². The lowest BCUT2D eigenvalue weighted by Gasteiger charge is -2.14. The lowest BCUT2D eigenvalue weighted by molar-refractivity contribution is 0.0943. The number of amides is 1. The number of aromatic nitrogens is 1. The van der Waals surface area contributed by atoms with E-state index in [-0.39, 0.29) is 5.91 Å². The number of benzene rings is 1. The van der Waals surface area contributed by atoms with E-state index < -0.39 is 0 Å². The molecule has 0 radical (unpaired) electrons. The first-order valence-electron chi connectivity index (χ1n) is 6.69. The molecule has 0 bridgehead atoms. The summed E-state index contributed by atoms with van der Waals surface area (Å²) in [5, 5.41) is 3.66. The molecule has 0 fully saturated rings. The molecule has 1 amide bonds. The Hall–Kier alpha value is -1.14. The molecule has 5 heteroatoms. The van der Waals surface area contributed by atoms with Gasteiger partial charge >= 0.3 is 0 Å². The second-order valence-electron chi connectivity index (χ2n) is 4.97. The standard InChI is InChI=1S/C16H16ClIN2O/c1-11(8-12-9-13(17)5-6-14(12)18)10-20-16(21)15-4-2-3-7-19-15/h2-7,9,11H,8,10H2,1H3,(H,20,21). The Bertz CT molecular complexity index is 619. The van der Waals surface area contributed by atoms with Crippen molar-refractivity contribution < 1.29 is 4.79 Å². The number of rotatable bonds is 5. The molecule has 0 spiro atoms. The summed E-state index contributed by atoms with van der Waals surface area (Å²) in [5.41, 5.74) is 1.66. The molecule has 1 heterocycles. The maximum absolute atomic E-state index is 11.9. The van der Waals surface area contributed by atoms with E-state index >= 15 is 0 Å². The summed E-state index contributed by atoms with van der Waals surface area (Å²) in [7, 11) is 0. The molecule has 1 N–H and O–H groups in total. The van der Waals surface area contributed by atoms with Gasteiger partial charge in [0.15, 0.2) is 0 Å². The minimum atomic E-state index is -0.136. The molecule has 0 saturated heterocycles. The minimum Gasteiger partial charge on any atom is -0.350 e. The van der Waals surface area contributed by atoms with Crippen LogP contribution >= 0.6 is 34.2 Å². The average molecular weight is 415 g/mol. The fourth-order valence-electron chi connectivity index (χ4n) is 2.00. The van der Waals surface area contributed by atoms with Crippen LogP contribution in [-0.2, 0) is 6.42 Å². The molecule has 21 heavy (non-hydrogen) atoms. The third kappa shape index (κ3) is 4.97. The Balaban J connectivity index is 1.89. The molecular weight excluding hydrogens is 399 g/mol. The van der Waals surface area contributed by atoms with Crippen LogP contribution in [0.25, 0.3) is 0 Å². The Labute approximate surface area is 143 Å². The van der Waals surface area contributed by atoms with Gasteiger partial charge in [-0.05, 0) is 70.8 Å². The third-order valence-corrected chi connectivity index (χ3v) is 4.37. The first kappa shape index (κ1) is 16.2. The highest BCUT2D eigenvalue weighted by molar-refractivity contribution is 14.1. The normalized spacial score (nSPS) is 12.0. The van der Waals surface area contributed by atoms with Crippen LogP contribution in [0.5, 0.6) is 0 Å². The van der Waals surface area contributed by atoms with E-state index in [1.54, 1.807) is 24.4 Å². The van der Waals surface area contributed by atoms with E-state index in [0.29, 0.717) is 18.2 Å². The highest BCUT2D eigenvalue weighted by atomic mass is 127. The van der Waals surface area contributed by atoms with E-state index in [1.165, 1.54) is 9.13 Å². The summed E-state index contributed by atoms with van der Waals surface area (Å²) in [5.74, 6) is 0.188. The fraction of sp³-hybridized carbons (Fsp3) is 0.250. The van der Waals surface area contributed by atoms with Crippen LogP contribution in [0.2, 0.25) is 5.02 Å². The monoisotopic (exact) mass is 414 g/mol. The minimum absolute atomic E-state index is 0.136. The molecule has 2 rings (SSSR count). The Morgan fingerprint density at radius 1 is 1.38 bits per heavy atom. The van der Waals surface area contributed by atoms with Crippen molar-refractivity contribution in [1.29, 1.82) is 0 Å². The average Bonchev–Trinajstić information content (AvgIpc) is 2.49. The van der Waals surface area contributed by atoms with Gasteiger partial charge in [0.05, 0.1) is 0 Å². The number of carbonyl (C=O) groups is 1. The summed E-state index contributed by atoms with van der Waals surface area (Å²) in [6.07, 6.45) is 2.49. The topological polar surface area (TPSA) is 42.0 Å². The smallest absolute Gasteiger partial charge is 0.269 e. The van der Waals surface area contributed by atoms with Crippen LogP contribution in [0.15, 0.2) is 42.6 Å². The molecule has 1 atom stereocenters. The Morgan fingerprint density at radius 2 is 2.19 bits per heavy atom. The molecule has 110 valence electrons. The molecule has 0 aliphatic heterocycles. The summed E-state index contributed by atoms with van der Waals surface area (Å²) < 4.78 is 1.19. The molecule has 2 aromatic rings. The summed E-state index contributed by atoms with van der Waals surface area (Å²) >= 11 is 8.33. The largest absolute Gasteiger partial charge is 0.350 e. The van der Waals surface area contributed by atoms with Gasteiger partial charge in [0, 0.05) is 21.3 Å². The number of hydrogen-bond donors (Lipinski definition) is 1. The first-order chi connectivity index (χ1) is 10.1. The van der Waals surface area contributed by atoms with Crippen molar-refractivity contribution in [2.45, 2.75) is 13.3 Å². The number of carbonyl (C=O) groups excluding carboxylic acids is 1. The molecule has 0 aliphatic carbocycles. The quantitative estimate of drug-likeness (QED) is 0.753. The van der Waals surface area contributed by atoms with Crippen molar-refractivity contribution in [3.63, 3.8) is 0 Å². The second-order valence-corrected chi connectivity index (χ2v) is 6.57. The zero-order valence-corrected chi connectivity index (χ0v) is 14.6. The van der Waals surface area contributed by atoms with Gasteiger partial charge in [0.25, 0.3) is 5.91 Å². The van der Waals surface area contributed by atoms with Crippen LogP contribution in [0.3, 0.4) is 0 Å². The van der Waals surface area contributed by atoms with E-state index in [2.05, 4.69) is 39.8 Å². The second kappa shape index (κ2) is 7.75. The van der Waals surface area contributed by atoms with Crippen molar-refractivity contribution in [3.05, 3.63) is 62.4 Å². The molecule has 1 aromatic heterocycles. The van der Waals surface area contributed by atoms with Crippen LogP contribution in [0.4, 0.5) is 0 Å². The van der Waals surface area contributed by atoms with Gasteiger partial charge in [-0.2, -0.15) is 0 Å². The van der Waals surface area contributed by atoms with Crippen molar-refractivity contribution in [3.8, 4) is 0 Å². The van der Waals surface area contributed by atoms with Gasteiger partial charge in [-0.3, -0.25) is 9.78 Å². The number of pyridine rings is 1. The van der Waals surface area contributed by atoms with Crippen LogP contribution in [0, 0.1) is 9.49 Å². The van der Waals surface area contributed by atoms with Crippen LogP contribution in [0.1, 0.15) is 23.0 Å². The van der Waals surface area contributed by atoms with Gasteiger partial charge in [-0.1, -0.05) is 24.6 Å². The van der Waals surface area contributed by atoms with E-state index in [4.69, 9.17) is 11.6 Å². The molecule has 0 saturated carbocycles. The van der Waals surface area contributed by atoms with Gasteiger partial charge in [-0.25, -0.2) is 0 Å². The maximum atomic E-state index is 11.9. The maximum Gasteiger partial charge on any atom is 0.269 e. The molecule has 3 nitrogen and oxygen atoms in total. The molecule has 1 aromatic carbocycles. The third-order valence-electron chi connectivity index (χ3n) is 3.08. The lowest BCUT2D eigenvalue weighted by atomic mass is 10.0. The highest BCUT2D eigenvalue weighted by Gasteiger charge is 2.11. The van der Waals surface area contributed by atoms with Gasteiger partial charge in [0.2, 0.25) is 0 Å². The SMILES string of the molecule is CC(CNC(=O)c1ccccn1)Cc1cc(Cl)ccc1I. The summed E-state index contributed by atoms with van der Waals surface area (Å²) in [6.45, 7) is 2.72. The van der Waals surface area contributed by atoms with E-state index in [0.717, 1.165) is 11.4 Å².